The van der Waals surface area contributed by atoms with Crippen molar-refractivity contribution in [3.8, 4) is 0 Å². The fourth-order valence-corrected chi connectivity index (χ4v) is 4.42. The van der Waals surface area contributed by atoms with Crippen molar-refractivity contribution in [3.63, 3.8) is 0 Å². The van der Waals surface area contributed by atoms with Gasteiger partial charge in [-0.05, 0) is 55.2 Å². The van der Waals surface area contributed by atoms with Crippen LogP contribution in [0.25, 0.3) is 0 Å². The Bertz CT molecular complexity index is 877. The quantitative estimate of drug-likeness (QED) is 0.408. The summed E-state index contributed by atoms with van der Waals surface area (Å²) in [4.78, 5) is 5.77. The minimum atomic E-state index is -0.531. The predicted molar refractivity (Wildman–Crippen MR) is 98.1 cm³/mol. The van der Waals surface area contributed by atoms with Crippen molar-refractivity contribution < 1.29 is 8.78 Å². The van der Waals surface area contributed by atoms with E-state index in [0.29, 0.717) is 17.1 Å². The Hall–Kier alpha value is -1.50. The number of hydrogen-bond acceptors (Lipinski definition) is 2. The van der Waals surface area contributed by atoms with Crippen molar-refractivity contribution >= 4 is 46.2 Å². The van der Waals surface area contributed by atoms with Gasteiger partial charge < -0.3 is 10.2 Å². The smallest absolute Gasteiger partial charge is 0.216 e. The van der Waals surface area contributed by atoms with Gasteiger partial charge >= 0.3 is 0 Å². The molecule has 2 bridgehead atoms. The number of pyridine rings is 1. The third-order valence-corrected chi connectivity index (χ3v) is 5.86. The van der Waals surface area contributed by atoms with Crippen LogP contribution in [0.15, 0.2) is 24.4 Å². The lowest BCUT2D eigenvalue weighted by Crippen LogP contribution is -2.44. The lowest BCUT2D eigenvalue weighted by Gasteiger charge is -2.38. The molecule has 1 N–H and O–H groups in total. The van der Waals surface area contributed by atoms with E-state index in [2.05, 4.69) is 10.3 Å². The van der Waals surface area contributed by atoms with Crippen LogP contribution in [-0.2, 0) is 6.42 Å². The average molecular weight is 400 g/mol. The summed E-state index contributed by atoms with van der Waals surface area (Å²) in [6, 6.07) is 4.43. The van der Waals surface area contributed by atoms with Crippen molar-refractivity contribution in [2.75, 3.05) is 5.32 Å². The molecule has 2 aliphatic rings. The molecular formula is C17H13Cl2F2N3S. The molecule has 4 rings (SSSR count). The second-order valence-corrected chi connectivity index (χ2v) is 7.41. The van der Waals surface area contributed by atoms with Crippen LogP contribution in [0.1, 0.15) is 30.0 Å². The number of fused-ring (bicyclic) bond motifs is 4. The first-order chi connectivity index (χ1) is 12.0. The molecule has 25 heavy (non-hydrogen) atoms. The van der Waals surface area contributed by atoms with Crippen molar-refractivity contribution in [2.45, 2.75) is 31.3 Å². The molecule has 8 heteroatoms. The highest BCUT2D eigenvalue weighted by Gasteiger charge is 2.42. The Kier molecular flexibility index (Phi) is 4.30. The molecular weight excluding hydrogens is 387 g/mol. The SMILES string of the molecule is Fc1cc(Cl)c(Cl)cc1NC(=S)N1C2CCC1c1ccnc(F)c1C2. The Morgan fingerprint density at radius 3 is 2.80 bits per heavy atom. The minimum absolute atomic E-state index is 0.0305. The highest BCUT2D eigenvalue weighted by Crippen LogP contribution is 2.44. The van der Waals surface area contributed by atoms with Crippen molar-refractivity contribution in [1.29, 1.82) is 0 Å². The normalized spacial score (nSPS) is 21.2. The summed E-state index contributed by atoms with van der Waals surface area (Å²) in [5.74, 6) is -0.944. The topological polar surface area (TPSA) is 28.2 Å². The predicted octanol–water partition coefficient (Wildman–Crippen LogP) is 5.13. The fraction of sp³-hybridized carbons (Fsp3) is 0.294. The number of aromatic nitrogens is 1. The van der Waals surface area contributed by atoms with Crippen LogP contribution in [0.3, 0.4) is 0 Å². The molecule has 2 atom stereocenters. The van der Waals surface area contributed by atoms with Crippen molar-refractivity contribution in [3.05, 3.63) is 57.3 Å². The zero-order valence-electron chi connectivity index (χ0n) is 12.9. The number of thiocarbonyl (C=S) groups is 1. The van der Waals surface area contributed by atoms with Gasteiger partial charge in [-0.3, -0.25) is 0 Å². The summed E-state index contributed by atoms with van der Waals surface area (Å²) in [6.45, 7) is 0. The maximum Gasteiger partial charge on any atom is 0.216 e. The summed E-state index contributed by atoms with van der Waals surface area (Å²) < 4.78 is 28.1. The van der Waals surface area contributed by atoms with Crippen molar-refractivity contribution in [1.82, 2.24) is 9.88 Å². The maximum atomic E-state index is 14.1. The van der Waals surface area contributed by atoms with Crippen LogP contribution in [0.5, 0.6) is 0 Å². The van der Waals surface area contributed by atoms with E-state index in [0.717, 1.165) is 24.5 Å². The second kappa shape index (κ2) is 6.34. The number of rotatable bonds is 1. The van der Waals surface area contributed by atoms with Gasteiger partial charge in [0.15, 0.2) is 5.11 Å². The fourth-order valence-electron chi connectivity index (χ4n) is 3.72. The van der Waals surface area contributed by atoms with Gasteiger partial charge in [-0.1, -0.05) is 23.2 Å². The van der Waals surface area contributed by atoms with Gasteiger partial charge in [-0.2, -0.15) is 4.39 Å². The van der Waals surface area contributed by atoms with Crippen LogP contribution >= 0.6 is 35.4 Å². The highest BCUT2D eigenvalue weighted by atomic mass is 35.5. The Balaban J connectivity index is 1.63. The summed E-state index contributed by atoms with van der Waals surface area (Å²) in [7, 11) is 0. The molecule has 1 aromatic carbocycles. The molecule has 3 heterocycles. The van der Waals surface area contributed by atoms with Crippen LogP contribution in [-0.4, -0.2) is 21.0 Å². The van der Waals surface area contributed by atoms with Gasteiger partial charge in [0.2, 0.25) is 5.95 Å². The van der Waals surface area contributed by atoms with Crippen LogP contribution < -0.4 is 5.32 Å². The molecule has 130 valence electrons. The van der Waals surface area contributed by atoms with E-state index >= 15 is 0 Å². The third kappa shape index (κ3) is 2.86. The Morgan fingerprint density at radius 2 is 2.00 bits per heavy atom. The van der Waals surface area contributed by atoms with E-state index in [1.165, 1.54) is 12.3 Å². The van der Waals surface area contributed by atoms with Gasteiger partial charge in [-0.15, -0.1) is 0 Å². The zero-order valence-corrected chi connectivity index (χ0v) is 15.2. The molecule has 0 radical (unpaired) electrons. The molecule has 0 saturated carbocycles. The number of nitrogens with zero attached hydrogens (tertiary/aromatic N) is 2. The van der Waals surface area contributed by atoms with Gasteiger partial charge in [0, 0.05) is 17.8 Å². The number of anilines is 1. The standard InChI is InChI=1S/C17H13Cl2F2N3S/c18-11-6-13(20)14(7-12(11)19)23-17(25)24-8-1-2-15(24)9-3-4-22-16(21)10(9)5-8/h3-4,6-8,15H,1-2,5H2,(H,23,25). The number of halogens is 4. The maximum absolute atomic E-state index is 14.1. The molecule has 3 nitrogen and oxygen atoms in total. The molecule has 2 aromatic rings. The van der Waals surface area contributed by atoms with E-state index in [4.69, 9.17) is 35.4 Å². The molecule has 0 aliphatic carbocycles. The van der Waals surface area contributed by atoms with Crippen LogP contribution in [0.4, 0.5) is 14.5 Å². The van der Waals surface area contributed by atoms with Crippen LogP contribution in [0.2, 0.25) is 10.0 Å². The summed E-state index contributed by atoms with van der Waals surface area (Å²) >= 11 is 17.3. The summed E-state index contributed by atoms with van der Waals surface area (Å²) in [5.41, 5.74) is 1.74. The molecule has 0 spiro atoms. The Labute approximate surface area is 158 Å². The zero-order chi connectivity index (χ0) is 17.7. The minimum Gasteiger partial charge on any atom is -0.339 e. The monoisotopic (exact) mass is 399 g/mol. The van der Waals surface area contributed by atoms with E-state index in [1.807, 2.05) is 11.0 Å². The molecule has 1 aromatic heterocycles. The van der Waals surface area contributed by atoms with Gasteiger partial charge in [-0.25, -0.2) is 9.37 Å². The first kappa shape index (κ1) is 16.9. The van der Waals surface area contributed by atoms with Gasteiger partial charge in [0.1, 0.15) is 5.82 Å². The number of benzene rings is 1. The van der Waals surface area contributed by atoms with E-state index in [9.17, 15) is 8.78 Å². The highest BCUT2D eigenvalue weighted by molar-refractivity contribution is 7.80. The average Bonchev–Trinajstić information content (AvgIpc) is 2.89. The summed E-state index contributed by atoms with van der Waals surface area (Å²) in [5, 5.41) is 3.71. The van der Waals surface area contributed by atoms with Crippen LogP contribution in [0, 0.1) is 11.8 Å². The first-order valence-electron chi connectivity index (χ1n) is 7.83. The van der Waals surface area contributed by atoms with E-state index in [-0.39, 0.29) is 27.8 Å². The molecule has 1 saturated heterocycles. The summed E-state index contributed by atoms with van der Waals surface area (Å²) in [6.07, 6.45) is 3.77. The van der Waals surface area contributed by atoms with Crippen molar-refractivity contribution in [2.24, 2.45) is 0 Å². The Morgan fingerprint density at radius 1 is 1.24 bits per heavy atom. The lowest BCUT2D eigenvalue weighted by atomic mass is 9.95. The van der Waals surface area contributed by atoms with E-state index < -0.39 is 11.8 Å². The number of nitrogens with one attached hydrogen (secondary N) is 1. The second-order valence-electron chi connectivity index (χ2n) is 6.20. The third-order valence-electron chi connectivity index (χ3n) is 4.83. The number of hydrogen-bond donors (Lipinski definition) is 1. The molecule has 2 unspecified atom stereocenters. The molecule has 2 aliphatic heterocycles. The molecule has 1 fully saturated rings. The lowest BCUT2D eigenvalue weighted by molar-refractivity contribution is 0.292. The largest absolute Gasteiger partial charge is 0.339 e. The van der Waals surface area contributed by atoms with Gasteiger partial charge in [0.05, 0.1) is 21.8 Å². The van der Waals surface area contributed by atoms with Gasteiger partial charge in [0.25, 0.3) is 0 Å². The molecule has 0 amide bonds. The first-order valence-corrected chi connectivity index (χ1v) is 8.99. The van der Waals surface area contributed by atoms with E-state index in [1.54, 1.807) is 0 Å².